The Bertz CT molecular complexity index is 1440. The van der Waals surface area contributed by atoms with E-state index >= 15 is 0 Å². The van der Waals surface area contributed by atoms with Gasteiger partial charge < -0.3 is 24.4 Å². The minimum atomic E-state index is -4.49. The topological polar surface area (TPSA) is 79.7 Å². The van der Waals surface area contributed by atoms with Crippen molar-refractivity contribution < 1.29 is 22.7 Å². The first-order valence-electron chi connectivity index (χ1n) is 13.6. The molecule has 5 rings (SSSR count). The molecule has 40 heavy (non-hydrogen) atoms. The van der Waals surface area contributed by atoms with Gasteiger partial charge >= 0.3 is 6.18 Å². The molecule has 0 radical (unpaired) electrons. The maximum Gasteiger partial charge on any atom is 0.416 e. The van der Waals surface area contributed by atoms with E-state index in [2.05, 4.69) is 27.1 Å². The number of benzene rings is 1. The summed E-state index contributed by atoms with van der Waals surface area (Å²) in [5.74, 6) is -0.177. The molecule has 8 nitrogen and oxygen atoms in total. The molecule has 2 fully saturated rings. The Balaban J connectivity index is 1.53. The zero-order valence-corrected chi connectivity index (χ0v) is 22.8. The summed E-state index contributed by atoms with van der Waals surface area (Å²) in [7, 11) is 2.07. The molecule has 0 bridgehead atoms. The molecule has 214 valence electrons. The predicted octanol–water partition coefficient (Wildman–Crippen LogP) is 3.68. The number of morpholine rings is 1. The number of nitrogens with zero attached hydrogens (tertiary/aromatic N) is 4. The van der Waals surface area contributed by atoms with Gasteiger partial charge in [0.2, 0.25) is 5.43 Å². The summed E-state index contributed by atoms with van der Waals surface area (Å²) in [4.78, 5) is 35.5. The van der Waals surface area contributed by atoms with Gasteiger partial charge in [0.1, 0.15) is 11.1 Å². The van der Waals surface area contributed by atoms with Gasteiger partial charge in [-0.1, -0.05) is 12.1 Å². The van der Waals surface area contributed by atoms with Crippen LogP contribution in [0.1, 0.15) is 39.9 Å². The zero-order valence-electron chi connectivity index (χ0n) is 22.8. The third-order valence-corrected chi connectivity index (χ3v) is 8.01. The summed E-state index contributed by atoms with van der Waals surface area (Å²) in [6, 6.07) is 5.89. The highest BCUT2D eigenvalue weighted by atomic mass is 19.4. The first-order valence-corrected chi connectivity index (χ1v) is 13.6. The number of piperidine rings is 1. The quantitative estimate of drug-likeness (QED) is 0.498. The number of hydrogen-bond donors (Lipinski definition) is 1. The van der Waals surface area contributed by atoms with Crippen molar-refractivity contribution in [1.29, 1.82) is 0 Å². The van der Waals surface area contributed by atoms with E-state index in [9.17, 15) is 22.8 Å². The van der Waals surface area contributed by atoms with Gasteiger partial charge in [0.05, 0.1) is 36.2 Å². The highest BCUT2D eigenvalue weighted by Crippen LogP contribution is 2.33. The Kier molecular flexibility index (Phi) is 8.14. The maximum absolute atomic E-state index is 13.6. The molecule has 0 unspecified atom stereocenters. The van der Waals surface area contributed by atoms with Gasteiger partial charge in [-0.05, 0) is 69.1 Å². The first kappa shape index (κ1) is 28.1. The number of ether oxygens (including phenoxy) is 1. The summed E-state index contributed by atoms with van der Waals surface area (Å²) in [6.45, 7) is 6.27. The Morgan fingerprint density at radius 1 is 1.15 bits per heavy atom. The number of alkyl halides is 3. The predicted molar refractivity (Wildman–Crippen MR) is 147 cm³/mol. The monoisotopic (exact) mass is 557 g/mol. The van der Waals surface area contributed by atoms with E-state index < -0.39 is 23.1 Å². The SMILES string of the molecule is Cc1c(Cn2cc(C(=O)NCC3CCN(C)CC3)c(=O)c3ncc(N4CCOCC4)cc32)cccc1C(F)(F)F. The molecule has 2 aromatic heterocycles. The second kappa shape index (κ2) is 11.6. The fourth-order valence-corrected chi connectivity index (χ4v) is 5.48. The number of anilines is 1. The van der Waals surface area contributed by atoms with E-state index in [1.807, 2.05) is 6.07 Å². The van der Waals surface area contributed by atoms with Gasteiger partial charge in [0, 0.05) is 32.4 Å². The van der Waals surface area contributed by atoms with Crippen LogP contribution < -0.4 is 15.6 Å². The molecule has 1 amide bonds. The lowest BCUT2D eigenvalue weighted by molar-refractivity contribution is -0.138. The third-order valence-electron chi connectivity index (χ3n) is 8.01. The molecule has 1 aromatic carbocycles. The van der Waals surface area contributed by atoms with Crippen molar-refractivity contribution in [3.63, 3.8) is 0 Å². The van der Waals surface area contributed by atoms with Crippen LogP contribution in [-0.4, -0.2) is 73.3 Å². The second-order valence-electron chi connectivity index (χ2n) is 10.7. The van der Waals surface area contributed by atoms with E-state index in [-0.39, 0.29) is 23.2 Å². The van der Waals surface area contributed by atoms with Crippen molar-refractivity contribution in [2.75, 3.05) is 57.9 Å². The number of carbonyl (C=O) groups excluding carboxylic acids is 1. The minimum absolute atomic E-state index is 0.0377. The number of rotatable bonds is 6. The second-order valence-corrected chi connectivity index (χ2v) is 10.7. The molecule has 11 heteroatoms. The van der Waals surface area contributed by atoms with E-state index in [1.165, 1.54) is 19.2 Å². The fraction of sp³-hybridized carbons (Fsp3) is 0.483. The van der Waals surface area contributed by atoms with Crippen LogP contribution in [0.3, 0.4) is 0 Å². The van der Waals surface area contributed by atoms with Gasteiger partial charge in [-0.15, -0.1) is 0 Å². The van der Waals surface area contributed by atoms with Gasteiger partial charge in [-0.2, -0.15) is 13.2 Å². The molecule has 4 heterocycles. The standard InChI is InChI=1S/C29H34F3N5O3/c1-19-21(4-3-5-24(19)29(30,31)32)17-37-18-23(28(39)34-15-20-6-8-35(2)9-7-20)27(38)26-25(37)14-22(16-33-26)36-10-12-40-13-11-36/h3-5,14,16,18,20H,6-13,15,17H2,1-2H3,(H,34,39). The number of nitrogens with one attached hydrogen (secondary N) is 1. The molecule has 0 aliphatic carbocycles. The maximum atomic E-state index is 13.6. The molecule has 2 aliphatic heterocycles. The van der Waals surface area contributed by atoms with Gasteiger partial charge in [0.15, 0.2) is 0 Å². The summed E-state index contributed by atoms with van der Waals surface area (Å²) in [6.07, 6.45) is 0.489. The van der Waals surface area contributed by atoms with E-state index in [0.717, 1.165) is 37.7 Å². The lowest BCUT2D eigenvalue weighted by Crippen LogP contribution is -2.38. The van der Waals surface area contributed by atoms with E-state index in [4.69, 9.17) is 4.74 Å². The van der Waals surface area contributed by atoms with Crippen LogP contribution in [0.15, 0.2) is 41.5 Å². The van der Waals surface area contributed by atoms with Crippen LogP contribution in [0.5, 0.6) is 0 Å². The van der Waals surface area contributed by atoms with Crippen LogP contribution >= 0.6 is 0 Å². The van der Waals surface area contributed by atoms with Crippen LogP contribution in [0.2, 0.25) is 0 Å². The molecule has 2 saturated heterocycles. The summed E-state index contributed by atoms with van der Waals surface area (Å²) in [5.41, 5.74) is 0.605. The highest BCUT2D eigenvalue weighted by molar-refractivity contribution is 5.97. The summed E-state index contributed by atoms with van der Waals surface area (Å²) < 4.78 is 48.0. The third kappa shape index (κ3) is 6.00. The van der Waals surface area contributed by atoms with Crippen molar-refractivity contribution in [2.24, 2.45) is 5.92 Å². The number of likely N-dealkylation sites (tertiary alicyclic amines) is 1. The number of pyridine rings is 2. The van der Waals surface area contributed by atoms with Crippen molar-refractivity contribution in [2.45, 2.75) is 32.5 Å². The normalized spacial score (nSPS) is 17.4. The van der Waals surface area contributed by atoms with Gasteiger partial charge in [-0.3, -0.25) is 9.59 Å². The number of aromatic nitrogens is 2. The Labute approximate surface area is 230 Å². The minimum Gasteiger partial charge on any atom is -0.378 e. The first-order chi connectivity index (χ1) is 19.1. The highest BCUT2D eigenvalue weighted by Gasteiger charge is 2.33. The molecule has 2 aliphatic rings. The van der Waals surface area contributed by atoms with Crippen LogP contribution in [0, 0.1) is 12.8 Å². The lowest BCUT2D eigenvalue weighted by atomic mass is 9.97. The van der Waals surface area contributed by atoms with Crippen molar-refractivity contribution >= 4 is 22.6 Å². The van der Waals surface area contributed by atoms with Crippen molar-refractivity contribution in [1.82, 2.24) is 19.8 Å². The average molecular weight is 558 g/mol. The van der Waals surface area contributed by atoms with Gasteiger partial charge in [0.25, 0.3) is 5.91 Å². The van der Waals surface area contributed by atoms with Crippen LogP contribution in [0.4, 0.5) is 18.9 Å². The van der Waals surface area contributed by atoms with E-state index in [0.29, 0.717) is 49.8 Å². The van der Waals surface area contributed by atoms with Crippen molar-refractivity contribution in [3.8, 4) is 0 Å². The number of hydrogen-bond acceptors (Lipinski definition) is 6. The Hall–Kier alpha value is -3.44. The molecule has 0 spiro atoms. The number of halogens is 3. The van der Waals surface area contributed by atoms with Crippen LogP contribution in [0.25, 0.3) is 11.0 Å². The number of fused-ring (bicyclic) bond motifs is 1. The molecular formula is C29H34F3N5O3. The Morgan fingerprint density at radius 3 is 2.58 bits per heavy atom. The smallest absolute Gasteiger partial charge is 0.378 e. The summed E-state index contributed by atoms with van der Waals surface area (Å²) >= 11 is 0. The van der Waals surface area contributed by atoms with E-state index in [1.54, 1.807) is 16.8 Å². The van der Waals surface area contributed by atoms with Crippen LogP contribution in [-0.2, 0) is 17.5 Å². The number of carbonyl (C=O) groups is 1. The fourth-order valence-electron chi connectivity index (χ4n) is 5.48. The molecule has 3 aromatic rings. The summed E-state index contributed by atoms with van der Waals surface area (Å²) in [5, 5.41) is 2.91. The Morgan fingerprint density at radius 2 is 1.88 bits per heavy atom. The zero-order chi connectivity index (χ0) is 28.4. The molecule has 0 atom stereocenters. The molecular weight excluding hydrogens is 523 g/mol. The average Bonchev–Trinajstić information content (AvgIpc) is 2.94. The number of amides is 1. The van der Waals surface area contributed by atoms with Gasteiger partial charge in [-0.25, -0.2) is 4.98 Å². The molecule has 1 N–H and O–H groups in total. The molecule has 0 saturated carbocycles. The largest absolute Gasteiger partial charge is 0.416 e. The lowest BCUT2D eigenvalue weighted by Gasteiger charge is -2.29. The van der Waals surface area contributed by atoms with Crippen molar-refractivity contribution in [3.05, 3.63) is 69.1 Å².